The number of halogens is 1. The van der Waals surface area contributed by atoms with Gasteiger partial charge >= 0.3 is 0 Å². The highest BCUT2D eigenvalue weighted by Gasteiger charge is 2.73. The Morgan fingerprint density at radius 3 is 2.50 bits per heavy atom. The van der Waals surface area contributed by atoms with Crippen molar-refractivity contribution >= 4 is 11.6 Å². The van der Waals surface area contributed by atoms with Crippen LogP contribution >= 0.6 is 11.6 Å². The second-order valence-corrected chi connectivity index (χ2v) is 8.11. The maximum absolute atomic E-state index is 12.2. The monoisotopic (exact) mass is 413 g/mol. The van der Waals surface area contributed by atoms with E-state index in [-0.39, 0.29) is 5.92 Å². The van der Waals surface area contributed by atoms with Crippen LogP contribution < -0.4 is 4.74 Å². The smallest absolute Gasteiger partial charge is 0.176 e. The van der Waals surface area contributed by atoms with Crippen molar-refractivity contribution in [1.82, 2.24) is 4.98 Å². The zero-order valence-corrected chi connectivity index (χ0v) is 16.5. The Bertz CT molecular complexity index is 1220. The second-order valence-electron chi connectivity index (χ2n) is 7.67. The zero-order chi connectivity index (χ0) is 20.9. The molecule has 146 valence electrons. The summed E-state index contributed by atoms with van der Waals surface area (Å²) in [6.45, 7) is 0. The van der Waals surface area contributed by atoms with E-state index in [9.17, 15) is 15.6 Å². The molecule has 4 atom stereocenters. The molecule has 1 aliphatic carbocycles. The van der Waals surface area contributed by atoms with Crippen LogP contribution in [0.2, 0.25) is 5.02 Å². The van der Waals surface area contributed by atoms with E-state index in [4.69, 9.17) is 16.3 Å². The molecule has 0 bridgehead atoms. The van der Waals surface area contributed by atoms with Gasteiger partial charge in [-0.1, -0.05) is 54.1 Å². The first-order chi connectivity index (χ1) is 14.5. The molecule has 1 aliphatic heterocycles. The van der Waals surface area contributed by atoms with Crippen molar-refractivity contribution in [3.8, 4) is 17.9 Å². The lowest BCUT2D eigenvalue weighted by Crippen LogP contribution is -2.50. The average molecular weight is 414 g/mol. The van der Waals surface area contributed by atoms with Crippen LogP contribution in [0.3, 0.4) is 0 Å². The number of fused-ring (bicyclic) bond motifs is 3. The molecule has 3 unspecified atom stereocenters. The Morgan fingerprint density at radius 1 is 1.10 bits per heavy atom. The van der Waals surface area contributed by atoms with Gasteiger partial charge in [-0.05, 0) is 29.7 Å². The van der Waals surface area contributed by atoms with Crippen molar-refractivity contribution in [2.45, 2.75) is 23.5 Å². The molecule has 2 heterocycles. The highest BCUT2D eigenvalue weighted by atomic mass is 35.5. The highest BCUT2D eigenvalue weighted by molar-refractivity contribution is 6.30. The fourth-order valence-corrected chi connectivity index (χ4v) is 5.17. The Hall–Kier alpha value is -3.38. The SMILES string of the molecule is N#Cc1ccc([C@@]23Oc4cc(Cl)cnc4C2(O)C(C#N)CC3c2ccccc2)cc1. The number of nitrogens with zero attached hydrogens (tertiary/aromatic N) is 3. The van der Waals surface area contributed by atoms with Gasteiger partial charge in [0.2, 0.25) is 0 Å². The highest BCUT2D eigenvalue weighted by Crippen LogP contribution is 2.68. The van der Waals surface area contributed by atoms with Crippen LogP contribution in [0.1, 0.15) is 34.7 Å². The van der Waals surface area contributed by atoms with E-state index in [1.54, 1.807) is 30.3 Å². The molecule has 0 spiro atoms. The molecule has 6 heteroatoms. The van der Waals surface area contributed by atoms with Crippen molar-refractivity contribution < 1.29 is 9.84 Å². The molecule has 0 amide bonds. The summed E-state index contributed by atoms with van der Waals surface area (Å²) in [5.41, 5.74) is -0.483. The summed E-state index contributed by atoms with van der Waals surface area (Å²) in [4.78, 5) is 4.39. The van der Waals surface area contributed by atoms with Crippen LogP contribution in [-0.4, -0.2) is 10.1 Å². The van der Waals surface area contributed by atoms with Gasteiger partial charge in [-0.15, -0.1) is 0 Å². The summed E-state index contributed by atoms with van der Waals surface area (Å²) in [5.74, 6) is -0.683. The molecule has 0 saturated heterocycles. The Labute approximate surface area is 178 Å². The molecular formula is C24H16ClN3O2. The lowest BCUT2D eigenvalue weighted by atomic mass is 9.71. The summed E-state index contributed by atoms with van der Waals surface area (Å²) in [5, 5.41) is 31.8. The number of aromatic nitrogens is 1. The summed E-state index contributed by atoms with van der Waals surface area (Å²) in [6.07, 6.45) is 1.86. The van der Waals surface area contributed by atoms with Gasteiger partial charge in [0, 0.05) is 18.2 Å². The molecule has 2 aliphatic rings. The van der Waals surface area contributed by atoms with Crippen LogP contribution in [0.25, 0.3) is 0 Å². The lowest BCUT2D eigenvalue weighted by Gasteiger charge is -2.40. The molecule has 1 N–H and O–H groups in total. The van der Waals surface area contributed by atoms with E-state index in [0.717, 1.165) is 5.56 Å². The van der Waals surface area contributed by atoms with Crippen LogP contribution in [-0.2, 0) is 11.2 Å². The van der Waals surface area contributed by atoms with Gasteiger partial charge in [0.05, 0.1) is 28.6 Å². The molecule has 3 aromatic rings. The van der Waals surface area contributed by atoms with Gasteiger partial charge < -0.3 is 9.84 Å². The van der Waals surface area contributed by atoms with Crippen LogP contribution in [0.5, 0.6) is 5.75 Å². The van der Waals surface area contributed by atoms with Crippen molar-refractivity contribution in [2.24, 2.45) is 5.92 Å². The molecule has 1 aromatic heterocycles. The Kier molecular flexibility index (Phi) is 4.08. The van der Waals surface area contributed by atoms with Crippen molar-refractivity contribution in [3.05, 3.63) is 94.3 Å². The number of rotatable bonds is 2. The minimum Gasteiger partial charge on any atom is -0.476 e. The Morgan fingerprint density at radius 2 is 1.83 bits per heavy atom. The third-order valence-corrected chi connectivity index (χ3v) is 6.49. The topological polar surface area (TPSA) is 89.9 Å². The predicted molar refractivity (Wildman–Crippen MR) is 110 cm³/mol. The predicted octanol–water partition coefficient (Wildman–Crippen LogP) is 4.41. The van der Waals surface area contributed by atoms with Crippen LogP contribution in [0.4, 0.5) is 0 Å². The van der Waals surface area contributed by atoms with Crippen molar-refractivity contribution in [2.75, 3.05) is 0 Å². The number of nitriles is 2. The van der Waals surface area contributed by atoms with Gasteiger partial charge in [-0.2, -0.15) is 10.5 Å². The van der Waals surface area contributed by atoms with E-state index in [0.29, 0.717) is 34.0 Å². The fourth-order valence-electron chi connectivity index (χ4n) is 5.02. The first-order valence-electron chi connectivity index (χ1n) is 9.57. The first kappa shape index (κ1) is 18.6. The summed E-state index contributed by atoms with van der Waals surface area (Å²) in [6, 6.07) is 22.7. The number of aliphatic hydroxyl groups is 1. The molecule has 0 radical (unpaired) electrons. The summed E-state index contributed by atoms with van der Waals surface area (Å²) >= 11 is 6.15. The lowest BCUT2D eigenvalue weighted by molar-refractivity contribution is -0.120. The summed E-state index contributed by atoms with van der Waals surface area (Å²) in [7, 11) is 0. The third-order valence-electron chi connectivity index (χ3n) is 6.28. The number of pyridine rings is 1. The molecule has 1 fully saturated rings. The zero-order valence-electron chi connectivity index (χ0n) is 15.8. The normalized spacial score (nSPS) is 28.7. The maximum Gasteiger partial charge on any atom is 0.176 e. The van der Waals surface area contributed by atoms with E-state index >= 15 is 0 Å². The van der Waals surface area contributed by atoms with E-state index < -0.39 is 17.1 Å². The van der Waals surface area contributed by atoms with Crippen molar-refractivity contribution in [3.63, 3.8) is 0 Å². The first-order valence-corrected chi connectivity index (χ1v) is 9.95. The second kappa shape index (κ2) is 6.57. The minimum absolute atomic E-state index is 0.311. The standard InChI is InChI=1S/C24H16ClN3O2/c25-19-11-21-22(28-14-19)23(29)18(13-27)10-20(16-4-2-1-3-5-16)24(23,30-21)17-8-6-15(12-26)7-9-17/h1-9,11,14,18,20,29H,10H2/t18?,20?,23?,24-/m0/s1. The van der Waals surface area contributed by atoms with Gasteiger partial charge in [-0.3, -0.25) is 4.98 Å². The van der Waals surface area contributed by atoms with E-state index in [1.807, 2.05) is 30.3 Å². The van der Waals surface area contributed by atoms with Gasteiger partial charge in [-0.25, -0.2) is 0 Å². The molecule has 2 aromatic carbocycles. The van der Waals surface area contributed by atoms with Crippen LogP contribution in [0.15, 0.2) is 66.9 Å². The van der Waals surface area contributed by atoms with E-state index in [2.05, 4.69) is 17.1 Å². The van der Waals surface area contributed by atoms with Crippen molar-refractivity contribution in [1.29, 1.82) is 10.5 Å². The summed E-state index contributed by atoms with van der Waals surface area (Å²) < 4.78 is 6.53. The van der Waals surface area contributed by atoms with Gasteiger partial charge in [0.1, 0.15) is 11.4 Å². The maximum atomic E-state index is 12.2. The van der Waals surface area contributed by atoms with E-state index in [1.165, 1.54) is 6.20 Å². The molecule has 1 saturated carbocycles. The Balaban J connectivity index is 1.82. The molecule has 30 heavy (non-hydrogen) atoms. The number of ether oxygens (including phenoxy) is 1. The molecule has 5 nitrogen and oxygen atoms in total. The number of hydrogen-bond acceptors (Lipinski definition) is 5. The number of benzene rings is 2. The fraction of sp³-hybridized carbons (Fsp3) is 0.208. The average Bonchev–Trinajstić information content (AvgIpc) is 3.18. The minimum atomic E-state index is -1.67. The van der Waals surface area contributed by atoms with Gasteiger partial charge in [0.25, 0.3) is 0 Å². The largest absolute Gasteiger partial charge is 0.476 e. The molecular weight excluding hydrogens is 398 g/mol. The third kappa shape index (κ3) is 2.28. The quantitative estimate of drug-likeness (QED) is 0.672. The van der Waals surface area contributed by atoms with Gasteiger partial charge in [0.15, 0.2) is 11.2 Å². The number of hydrogen-bond donors (Lipinski definition) is 1. The molecule has 5 rings (SSSR count). The van der Waals surface area contributed by atoms with Crippen LogP contribution in [0, 0.1) is 28.6 Å².